The van der Waals surface area contributed by atoms with Crippen molar-refractivity contribution in [3.05, 3.63) is 60.7 Å². The number of ether oxygens (including phenoxy) is 7. The smallest absolute Gasteiger partial charge is 0.490 e. The van der Waals surface area contributed by atoms with Crippen LogP contribution >= 0.6 is 0 Å². The van der Waals surface area contributed by atoms with Crippen LogP contribution in [0, 0.1) is 0 Å². The lowest BCUT2D eigenvalue weighted by Crippen LogP contribution is -2.21. The monoisotopic (exact) mass is 794 g/mol. The number of hydrogen-bond donors (Lipinski definition) is 4. The molecule has 0 aliphatic heterocycles. The van der Waals surface area contributed by atoms with Gasteiger partial charge in [-0.15, -0.1) is 0 Å². The van der Waals surface area contributed by atoms with E-state index in [0.717, 1.165) is 33.3 Å². The van der Waals surface area contributed by atoms with Crippen molar-refractivity contribution in [1.82, 2.24) is 9.97 Å². The number of anilines is 2. The fraction of sp³-hybridized carbons (Fsp3) is 0.412. The fourth-order valence-corrected chi connectivity index (χ4v) is 3.84. The minimum atomic E-state index is -5.08. The minimum Gasteiger partial charge on any atom is -0.491 e. The Morgan fingerprint density at radius 3 is 1.04 bits per heavy atom. The molecule has 0 amide bonds. The molecule has 0 radical (unpaired) electrons. The quantitative estimate of drug-likeness (QED) is 0.0701. The molecule has 0 saturated carbocycles. The summed E-state index contributed by atoms with van der Waals surface area (Å²) in [6.45, 7) is 5.85. The maximum Gasteiger partial charge on any atom is 0.490 e. The largest absolute Gasteiger partial charge is 0.491 e. The molecule has 4 aromatic rings. The van der Waals surface area contributed by atoms with Gasteiger partial charge in [0.1, 0.15) is 36.3 Å². The Morgan fingerprint density at radius 1 is 0.491 bits per heavy atom. The number of pyridine rings is 2. The Balaban J connectivity index is 0.000000633. The van der Waals surface area contributed by atoms with Crippen LogP contribution in [-0.2, 0) is 33.3 Å². The molecule has 15 nitrogen and oxygen atoms in total. The second kappa shape index (κ2) is 24.2. The maximum absolute atomic E-state index is 10.6. The van der Waals surface area contributed by atoms with Crippen LogP contribution in [0.3, 0.4) is 0 Å². The van der Waals surface area contributed by atoms with E-state index < -0.39 is 24.3 Å². The predicted molar refractivity (Wildman–Crippen MR) is 185 cm³/mol. The van der Waals surface area contributed by atoms with E-state index in [1.165, 1.54) is 0 Å². The van der Waals surface area contributed by atoms with Crippen LogP contribution in [0.1, 0.15) is 0 Å². The molecule has 2 aromatic heterocycles. The van der Waals surface area contributed by atoms with Gasteiger partial charge in [0.2, 0.25) is 0 Å². The Morgan fingerprint density at radius 2 is 0.764 bits per heavy atom. The van der Waals surface area contributed by atoms with Gasteiger partial charge in [-0.3, -0.25) is 0 Å². The highest BCUT2D eigenvalue weighted by Gasteiger charge is 2.38. The highest BCUT2D eigenvalue weighted by Crippen LogP contribution is 2.21. The lowest BCUT2D eigenvalue weighted by molar-refractivity contribution is -0.193. The molecule has 0 atom stereocenters. The van der Waals surface area contributed by atoms with Gasteiger partial charge in [-0.1, -0.05) is 0 Å². The number of rotatable bonds is 20. The van der Waals surface area contributed by atoms with Gasteiger partial charge in [0.25, 0.3) is 0 Å². The number of benzene rings is 2. The number of alkyl halides is 6. The predicted octanol–water partition coefficient (Wildman–Crippen LogP) is 4.75. The molecule has 55 heavy (non-hydrogen) atoms. The molecule has 21 heteroatoms. The second-order valence-corrected chi connectivity index (χ2v) is 10.5. The third kappa shape index (κ3) is 20.2. The number of carbonyl (C=O) groups is 2. The van der Waals surface area contributed by atoms with E-state index in [1.54, 1.807) is 12.1 Å². The van der Waals surface area contributed by atoms with Crippen molar-refractivity contribution in [1.29, 1.82) is 0 Å². The Hall–Kier alpha value is -5.22. The highest BCUT2D eigenvalue weighted by molar-refractivity contribution is 5.82. The van der Waals surface area contributed by atoms with Gasteiger partial charge in [-0.25, -0.2) is 19.6 Å². The number of carboxylic acids is 2. The van der Waals surface area contributed by atoms with Crippen LogP contribution in [0.4, 0.5) is 38.0 Å². The molecule has 0 saturated heterocycles. The Bertz CT molecular complexity index is 1620. The summed E-state index contributed by atoms with van der Waals surface area (Å²) in [5, 5.41) is 16.2. The molecule has 0 aliphatic rings. The lowest BCUT2D eigenvalue weighted by atomic mass is 10.2. The Labute approximate surface area is 310 Å². The molecule has 304 valence electrons. The zero-order valence-corrected chi connectivity index (χ0v) is 29.1. The van der Waals surface area contributed by atoms with Gasteiger partial charge < -0.3 is 54.8 Å². The number of aromatic nitrogens is 2. The number of hydrogen-bond acceptors (Lipinski definition) is 13. The first-order chi connectivity index (χ1) is 26.1. The van der Waals surface area contributed by atoms with Crippen molar-refractivity contribution >= 4 is 45.4 Å². The first kappa shape index (κ1) is 45.9. The summed E-state index contributed by atoms with van der Waals surface area (Å²) in [5.41, 5.74) is 13.1. The number of carboxylic acid groups (broad SMARTS) is 2. The summed E-state index contributed by atoms with van der Waals surface area (Å²) in [7, 11) is 0. The van der Waals surface area contributed by atoms with E-state index in [4.69, 9.17) is 64.4 Å². The third-order valence-corrected chi connectivity index (χ3v) is 6.33. The van der Waals surface area contributed by atoms with Crippen molar-refractivity contribution in [3.63, 3.8) is 0 Å². The van der Waals surface area contributed by atoms with Gasteiger partial charge in [0, 0.05) is 10.8 Å². The van der Waals surface area contributed by atoms with Crippen LogP contribution in [0.25, 0.3) is 21.8 Å². The lowest BCUT2D eigenvalue weighted by Gasteiger charge is -2.09. The van der Waals surface area contributed by atoms with Gasteiger partial charge in [0.15, 0.2) is 0 Å². The highest BCUT2D eigenvalue weighted by atomic mass is 19.4. The fourth-order valence-electron chi connectivity index (χ4n) is 3.84. The number of nitrogens with two attached hydrogens (primary N) is 2. The van der Waals surface area contributed by atoms with E-state index in [-0.39, 0.29) is 0 Å². The number of nitrogens with zero attached hydrogens (tertiary/aromatic N) is 2. The Kier molecular flexibility index (Phi) is 20.2. The average Bonchev–Trinajstić information content (AvgIpc) is 3.12. The van der Waals surface area contributed by atoms with Crippen molar-refractivity contribution in [3.8, 4) is 11.5 Å². The van der Waals surface area contributed by atoms with Gasteiger partial charge in [0.05, 0.1) is 77.1 Å². The first-order valence-corrected chi connectivity index (χ1v) is 16.1. The van der Waals surface area contributed by atoms with Gasteiger partial charge in [-0.2, -0.15) is 26.3 Å². The molecule has 0 spiro atoms. The summed E-state index contributed by atoms with van der Waals surface area (Å²) < 4.78 is 103. The minimum absolute atomic E-state index is 0.454. The summed E-state index contributed by atoms with van der Waals surface area (Å²) in [5.74, 6) is -2.97. The molecule has 4 rings (SSSR count). The standard InChI is InChI=1S/C30H38N4O7.2C2HF3O2/c31-29-7-1-23-21-25(3-5-27(23)33-29)40-19-17-38-15-13-36-11-9-35-10-12-37-14-16-39-18-20-41-26-4-6-28-24(22-26)2-8-30(32)34-28;2*3-2(4,5)1(6)7/h1-8,21-22H,9-20H2,(H2,31,33)(H2,32,34);2*(H,6,7). The average molecular weight is 795 g/mol. The number of nitrogen functional groups attached to an aromatic ring is 2. The second-order valence-electron chi connectivity index (χ2n) is 10.5. The van der Waals surface area contributed by atoms with E-state index in [2.05, 4.69) is 9.97 Å². The van der Waals surface area contributed by atoms with Crippen LogP contribution in [-0.4, -0.2) is 124 Å². The van der Waals surface area contributed by atoms with Crippen molar-refractivity contribution in [2.45, 2.75) is 12.4 Å². The van der Waals surface area contributed by atoms with E-state index in [9.17, 15) is 26.3 Å². The van der Waals surface area contributed by atoms with Gasteiger partial charge >= 0.3 is 24.3 Å². The van der Waals surface area contributed by atoms with E-state index in [1.807, 2.05) is 48.5 Å². The molecule has 6 N–H and O–H groups in total. The van der Waals surface area contributed by atoms with Crippen LogP contribution < -0.4 is 20.9 Å². The van der Waals surface area contributed by atoms with Crippen molar-refractivity contribution in [2.24, 2.45) is 0 Å². The number of halogens is 6. The summed E-state index contributed by atoms with van der Waals surface area (Å²) in [4.78, 5) is 26.3. The van der Waals surface area contributed by atoms with Crippen molar-refractivity contribution in [2.75, 3.05) is 90.7 Å². The first-order valence-electron chi connectivity index (χ1n) is 16.1. The molecule has 2 aromatic carbocycles. The maximum atomic E-state index is 10.6. The zero-order valence-electron chi connectivity index (χ0n) is 29.1. The summed E-state index contributed by atoms with van der Waals surface area (Å²) in [6.07, 6.45) is -10.2. The molecule has 2 heterocycles. The molecule has 0 fully saturated rings. The van der Waals surface area contributed by atoms with Crippen LogP contribution in [0.15, 0.2) is 60.7 Å². The van der Waals surface area contributed by atoms with Crippen molar-refractivity contribution < 1.29 is 79.3 Å². The molecular weight excluding hydrogens is 754 g/mol. The zero-order chi connectivity index (χ0) is 40.7. The third-order valence-electron chi connectivity index (χ3n) is 6.33. The van der Waals surface area contributed by atoms with E-state index >= 15 is 0 Å². The van der Waals surface area contributed by atoms with Gasteiger partial charge in [-0.05, 0) is 60.7 Å². The SMILES string of the molecule is Nc1ccc2cc(OCCOCCOCCOCCOCCOCCOc3ccc4nc(N)ccc4c3)ccc2n1.O=C(O)C(F)(F)F.O=C(O)C(F)(F)F. The topological polar surface area (TPSA) is 217 Å². The molecule has 0 unspecified atom stereocenters. The number of aliphatic carboxylic acids is 2. The van der Waals surface area contributed by atoms with E-state index in [0.29, 0.717) is 90.9 Å². The molecule has 0 bridgehead atoms. The normalized spacial score (nSPS) is 11.3. The summed E-state index contributed by atoms with van der Waals surface area (Å²) >= 11 is 0. The number of fused-ring (bicyclic) bond motifs is 2. The molecular formula is C34H40F6N4O11. The van der Waals surface area contributed by atoms with Crippen LogP contribution in [0.2, 0.25) is 0 Å². The summed E-state index contributed by atoms with van der Waals surface area (Å²) in [6, 6.07) is 18.8. The molecule has 0 aliphatic carbocycles. The van der Waals surface area contributed by atoms with Crippen LogP contribution in [0.5, 0.6) is 11.5 Å².